The van der Waals surface area contributed by atoms with Crippen LogP contribution in [0.2, 0.25) is 0 Å². The van der Waals surface area contributed by atoms with Gasteiger partial charge in [-0.05, 0) is 26.0 Å². The van der Waals surface area contributed by atoms with Gasteiger partial charge < -0.3 is 5.11 Å². The first kappa shape index (κ1) is 10.1. The molecule has 0 saturated carbocycles. The molecule has 0 aliphatic rings. The number of aryl methyl sites for hydroxylation is 1. The Morgan fingerprint density at radius 3 is 2.54 bits per heavy atom. The molecular weight excluding hydrogens is 176 g/mol. The molecule has 13 heavy (non-hydrogen) atoms. The van der Waals surface area contributed by atoms with E-state index < -0.39 is 12.0 Å². The molecule has 0 aliphatic carbocycles. The fraction of sp³-hybridized carbons (Fsp3) is 0.444. The summed E-state index contributed by atoms with van der Waals surface area (Å²) in [7, 11) is 0. The number of aliphatic hydroxyl groups is 1. The molecule has 72 valence electrons. The van der Waals surface area contributed by atoms with Crippen LogP contribution in [-0.2, 0) is 5.60 Å². The lowest BCUT2D eigenvalue weighted by atomic mass is 10.0. The summed E-state index contributed by atoms with van der Waals surface area (Å²) < 4.78 is 24.7. The van der Waals surface area contributed by atoms with Gasteiger partial charge in [0.2, 0.25) is 0 Å². The van der Waals surface area contributed by atoms with Gasteiger partial charge in [-0.15, -0.1) is 0 Å². The van der Waals surface area contributed by atoms with Crippen LogP contribution in [0.25, 0.3) is 0 Å². The lowest BCUT2D eigenvalue weighted by Gasteiger charge is -2.21. The number of nitrogens with zero attached hydrogens (tertiary/aromatic N) is 1. The highest BCUT2D eigenvalue weighted by Crippen LogP contribution is 2.25. The van der Waals surface area contributed by atoms with Crippen LogP contribution in [0.5, 0.6) is 0 Å². The van der Waals surface area contributed by atoms with Gasteiger partial charge in [-0.3, -0.25) is 4.98 Å². The predicted molar refractivity (Wildman–Crippen MR) is 44.5 cm³/mol. The highest BCUT2D eigenvalue weighted by molar-refractivity contribution is 5.16. The van der Waals surface area contributed by atoms with E-state index in [2.05, 4.69) is 4.98 Å². The van der Waals surface area contributed by atoms with Crippen molar-refractivity contribution in [2.45, 2.75) is 25.9 Å². The van der Waals surface area contributed by atoms with E-state index >= 15 is 0 Å². The third-order valence-corrected chi connectivity index (χ3v) is 1.83. The minimum absolute atomic E-state index is 0.00231. The summed E-state index contributed by atoms with van der Waals surface area (Å²) in [6.07, 6.45) is -2.83. The Morgan fingerprint density at radius 2 is 2.08 bits per heavy atom. The Kier molecular flexibility index (Phi) is 2.61. The highest BCUT2D eigenvalue weighted by Gasteiger charge is 2.35. The Bertz CT molecular complexity index is 299. The molecule has 1 aromatic rings. The van der Waals surface area contributed by atoms with E-state index in [1.54, 1.807) is 19.1 Å². The predicted octanol–water partition coefficient (Wildman–Crippen LogP) is 1.86. The fourth-order valence-electron chi connectivity index (χ4n) is 0.937. The summed E-state index contributed by atoms with van der Waals surface area (Å²) in [5.74, 6) is 0. The molecule has 0 aromatic carbocycles. The van der Waals surface area contributed by atoms with E-state index in [0.29, 0.717) is 5.69 Å². The van der Waals surface area contributed by atoms with Crippen LogP contribution in [0.15, 0.2) is 18.2 Å². The van der Waals surface area contributed by atoms with Crippen molar-refractivity contribution in [1.82, 2.24) is 4.98 Å². The number of halogens is 2. The molecule has 1 N–H and O–H groups in total. The number of alkyl halides is 2. The smallest absolute Gasteiger partial charge is 0.272 e. The Hall–Kier alpha value is -1.03. The minimum atomic E-state index is -2.83. The zero-order valence-corrected chi connectivity index (χ0v) is 7.46. The molecule has 0 bridgehead atoms. The molecule has 4 heteroatoms. The molecule has 0 spiro atoms. The fourth-order valence-corrected chi connectivity index (χ4v) is 0.937. The van der Waals surface area contributed by atoms with Gasteiger partial charge in [0.1, 0.15) is 0 Å². The van der Waals surface area contributed by atoms with Gasteiger partial charge in [0.25, 0.3) is 6.43 Å². The first-order valence-corrected chi connectivity index (χ1v) is 3.89. The third kappa shape index (κ3) is 2.01. The third-order valence-electron chi connectivity index (χ3n) is 1.83. The van der Waals surface area contributed by atoms with Crippen molar-refractivity contribution in [3.05, 3.63) is 29.6 Å². The first-order chi connectivity index (χ1) is 5.94. The van der Waals surface area contributed by atoms with E-state index in [-0.39, 0.29) is 5.69 Å². The molecule has 0 saturated heterocycles. The van der Waals surface area contributed by atoms with Crippen molar-refractivity contribution < 1.29 is 13.9 Å². The zero-order chi connectivity index (χ0) is 10.1. The van der Waals surface area contributed by atoms with Crippen molar-refractivity contribution in [3.63, 3.8) is 0 Å². The van der Waals surface area contributed by atoms with Crippen molar-refractivity contribution >= 4 is 0 Å². The molecule has 0 aliphatic heterocycles. The average molecular weight is 187 g/mol. The molecule has 0 radical (unpaired) electrons. The van der Waals surface area contributed by atoms with Gasteiger partial charge in [0, 0.05) is 5.69 Å². The van der Waals surface area contributed by atoms with Crippen LogP contribution in [0.4, 0.5) is 8.78 Å². The van der Waals surface area contributed by atoms with E-state index in [1.165, 1.54) is 6.07 Å². The second-order valence-corrected chi connectivity index (χ2v) is 3.11. The first-order valence-electron chi connectivity index (χ1n) is 3.89. The van der Waals surface area contributed by atoms with E-state index in [0.717, 1.165) is 6.92 Å². The molecule has 0 fully saturated rings. The minimum Gasteiger partial charge on any atom is -0.378 e. The van der Waals surface area contributed by atoms with Crippen LogP contribution >= 0.6 is 0 Å². The van der Waals surface area contributed by atoms with Gasteiger partial charge in [-0.2, -0.15) is 0 Å². The molecule has 1 rings (SSSR count). The second kappa shape index (κ2) is 3.38. The zero-order valence-electron chi connectivity index (χ0n) is 7.46. The standard InChI is InChI=1S/C9H11F2NO/c1-6-4-3-5-7(12-6)9(2,13)8(10)11/h3-5,8,13H,1-2H3. The Morgan fingerprint density at radius 1 is 1.46 bits per heavy atom. The highest BCUT2D eigenvalue weighted by atomic mass is 19.3. The number of pyridine rings is 1. The quantitative estimate of drug-likeness (QED) is 0.766. The van der Waals surface area contributed by atoms with Crippen LogP contribution in [0.1, 0.15) is 18.3 Å². The van der Waals surface area contributed by atoms with Gasteiger partial charge in [0.15, 0.2) is 5.60 Å². The number of aromatic nitrogens is 1. The van der Waals surface area contributed by atoms with E-state index in [4.69, 9.17) is 0 Å². The molecule has 1 heterocycles. The molecule has 1 aromatic heterocycles. The number of rotatable bonds is 2. The van der Waals surface area contributed by atoms with Gasteiger partial charge in [0.05, 0.1) is 5.69 Å². The summed E-state index contributed by atoms with van der Waals surface area (Å²) in [6, 6.07) is 4.67. The van der Waals surface area contributed by atoms with Crippen LogP contribution in [0, 0.1) is 6.92 Å². The monoisotopic (exact) mass is 187 g/mol. The molecule has 1 atom stereocenters. The summed E-state index contributed by atoms with van der Waals surface area (Å²) in [5.41, 5.74) is -1.55. The topological polar surface area (TPSA) is 33.1 Å². The van der Waals surface area contributed by atoms with Gasteiger partial charge in [-0.25, -0.2) is 8.78 Å². The average Bonchev–Trinajstić information content (AvgIpc) is 2.04. The van der Waals surface area contributed by atoms with Crippen LogP contribution < -0.4 is 0 Å². The number of hydrogen-bond acceptors (Lipinski definition) is 2. The lowest BCUT2D eigenvalue weighted by molar-refractivity contribution is -0.0911. The van der Waals surface area contributed by atoms with Crippen molar-refractivity contribution in [2.24, 2.45) is 0 Å². The summed E-state index contributed by atoms with van der Waals surface area (Å²) in [5, 5.41) is 9.38. The van der Waals surface area contributed by atoms with E-state index in [1.807, 2.05) is 0 Å². The number of hydrogen-bond donors (Lipinski definition) is 1. The Labute approximate surface area is 75.2 Å². The van der Waals surface area contributed by atoms with Gasteiger partial charge >= 0.3 is 0 Å². The van der Waals surface area contributed by atoms with E-state index in [9.17, 15) is 13.9 Å². The van der Waals surface area contributed by atoms with Crippen molar-refractivity contribution in [3.8, 4) is 0 Å². The lowest BCUT2D eigenvalue weighted by Crippen LogP contribution is -2.31. The maximum Gasteiger partial charge on any atom is 0.272 e. The molecule has 2 nitrogen and oxygen atoms in total. The normalized spacial score (nSPS) is 15.8. The molecular formula is C9H11F2NO. The largest absolute Gasteiger partial charge is 0.378 e. The molecule has 0 amide bonds. The summed E-state index contributed by atoms with van der Waals surface area (Å²) in [6.45, 7) is 2.74. The second-order valence-electron chi connectivity index (χ2n) is 3.11. The van der Waals surface area contributed by atoms with Crippen LogP contribution in [-0.4, -0.2) is 16.5 Å². The molecule has 1 unspecified atom stereocenters. The van der Waals surface area contributed by atoms with Crippen LogP contribution in [0.3, 0.4) is 0 Å². The van der Waals surface area contributed by atoms with Crippen molar-refractivity contribution in [2.75, 3.05) is 0 Å². The van der Waals surface area contributed by atoms with Crippen molar-refractivity contribution in [1.29, 1.82) is 0 Å². The summed E-state index contributed by atoms with van der Waals surface area (Å²) >= 11 is 0. The maximum atomic E-state index is 12.3. The summed E-state index contributed by atoms with van der Waals surface area (Å²) in [4.78, 5) is 3.84. The van der Waals surface area contributed by atoms with Gasteiger partial charge in [-0.1, -0.05) is 6.07 Å². The Balaban J connectivity index is 3.07. The SMILES string of the molecule is Cc1cccc(C(C)(O)C(F)F)n1. The maximum absolute atomic E-state index is 12.3.